The van der Waals surface area contributed by atoms with Gasteiger partial charge in [0.05, 0.1) is 0 Å². The maximum absolute atomic E-state index is 14.4. The molecular formula is C14H21F2NO. The van der Waals surface area contributed by atoms with E-state index in [2.05, 4.69) is 5.32 Å². The summed E-state index contributed by atoms with van der Waals surface area (Å²) in [6.45, 7) is 1.36. The summed E-state index contributed by atoms with van der Waals surface area (Å²) in [4.78, 5) is 0. The van der Waals surface area contributed by atoms with Crippen molar-refractivity contribution in [2.75, 3.05) is 13.2 Å². The van der Waals surface area contributed by atoms with Crippen molar-refractivity contribution in [2.24, 2.45) is 17.3 Å². The van der Waals surface area contributed by atoms with Gasteiger partial charge in [-0.2, -0.15) is 0 Å². The van der Waals surface area contributed by atoms with Gasteiger partial charge in [0, 0.05) is 36.6 Å². The van der Waals surface area contributed by atoms with E-state index in [1.807, 2.05) is 0 Å². The zero-order valence-corrected chi connectivity index (χ0v) is 10.6. The highest BCUT2D eigenvalue weighted by Gasteiger charge is 2.82. The highest BCUT2D eigenvalue weighted by Crippen LogP contribution is 2.75. The van der Waals surface area contributed by atoms with Crippen LogP contribution in [0.5, 0.6) is 0 Å². The van der Waals surface area contributed by atoms with Crippen molar-refractivity contribution in [3.63, 3.8) is 0 Å². The number of hydrogen-bond acceptors (Lipinski definition) is 2. The van der Waals surface area contributed by atoms with E-state index in [1.165, 1.54) is 0 Å². The fourth-order valence-corrected chi connectivity index (χ4v) is 5.05. The summed E-state index contributed by atoms with van der Waals surface area (Å²) in [5, 5.41) is 3.49. The lowest BCUT2D eigenvalue weighted by Gasteiger charge is -2.31. The minimum Gasteiger partial charge on any atom is -0.381 e. The molecule has 2 bridgehead atoms. The molecular weight excluding hydrogens is 236 g/mol. The number of halogens is 2. The molecule has 18 heavy (non-hydrogen) atoms. The molecule has 4 aliphatic rings. The topological polar surface area (TPSA) is 21.3 Å². The van der Waals surface area contributed by atoms with Crippen molar-refractivity contribution in [3.05, 3.63) is 0 Å². The van der Waals surface area contributed by atoms with Gasteiger partial charge in [0.1, 0.15) is 0 Å². The van der Waals surface area contributed by atoms with E-state index in [0.717, 1.165) is 25.7 Å². The highest BCUT2D eigenvalue weighted by atomic mass is 19.3. The first-order valence-corrected chi connectivity index (χ1v) is 7.35. The zero-order chi connectivity index (χ0) is 12.4. The van der Waals surface area contributed by atoms with E-state index in [0.29, 0.717) is 38.1 Å². The van der Waals surface area contributed by atoms with Crippen LogP contribution >= 0.6 is 0 Å². The van der Waals surface area contributed by atoms with Crippen molar-refractivity contribution >= 4 is 0 Å². The van der Waals surface area contributed by atoms with Crippen molar-refractivity contribution < 1.29 is 13.5 Å². The molecule has 1 aliphatic carbocycles. The summed E-state index contributed by atoms with van der Waals surface area (Å²) in [5.41, 5.74) is -0.647. The first-order chi connectivity index (χ1) is 8.63. The number of fused-ring (bicyclic) bond motifs is 2. The Morgan fingerprint density at radius 2 is 1.56 bits per heavy atom. The maximum atomic E-state index is 14.4. The predicted octanol–water partition coefficient (Wildman–Crippen LogP) is 2.58. The Morgan fingerprint density at radius 3 is 2.17 bits per heavy atom. The van der Waals surface area contributed by atoms with Crippen LogP contribution in [0.25, 0.3) is 0 Å². The second-order valence-electron chi connectivity index (χ2n) is 6.75. The smallest absolute Gasteiger partial charge is 0.258 e. The average Bonchev–Trinajstić information content (AvgIpc) is 2.64. The lowest BCUT2D eigenvalue weighted by atomic mass is 9.81. The second-order valence-corrected chi connectivity index (χ2v) is 6.75. The van der Waals surface area contributed by atoms with Gasteiger partial charge in [-0.05, 0) is 44.4 Å². The molecule has 4 fully saturated rings. The quantitative estimate of drug-likeness (QED) is 0.779. The molecule has 1 saturated carbocycles. The summed E-state index contributed by atoms with van der Waals surface area (Å²) < 4.78 is 34.2. The normalized spacial score (nSPS) is 50.7. The number of hydrogen-bond donors (Lipinski definition) is 1. The summed E-state index contributed by atoms with van der Waals surface area (Å²) in [5.74, 6) is -2.55. The van der Waals surface area contributed by atoms with Crippen molar-refractivity contribution in [2.45, 2.75) is 56.5 Å². The third-order valence-corrected chi connectivity index (χ3v) is 5.86. The molecule has 3 heterocycles. The number of alkyl halides is 2. The largest absolute Gasteiger partial charge is 0.381 e. The highest BCUT2D eigenvalue weighted by molar-refractivity contribution is 5.24. The molecule has 1 N–H and O–H groups in total. The van der Waals surface area contributed by atoms with Crippen LogP contribution < -0.4 is 5.32 Å². The van der Waals surface area contributed by atoms with Gasteiger partial charge in [-0.25, -0.2) is 8.78 Å². The van der Waals surface area contributed by atoms with Crippen LogP contribution in [0.4, 0.5) is 8.78 Å². The van der Waals surface area contributed by atoms with Crippen LogP contribution in [-0.4, -0.2) is 31.2 Å². The van der Waals surface area contributed by atoms with E-state index in [1.54, 1.807) is 0 Å². The Kier molecular flexibility index (Phi) is 2.36. The first-order valence-electron chi connectivity index (χ1n) is 7.35. The average molecular weight is 257 g/mol. The Balaban J connectivity index is 1.57. The van der Waals surface area contributed by atoms with E-state index in [4.69, 9.17) is 4.74 Å². The van der Waals surface area contributed by atoms with Crippen LogP contribution in [0.1, 0.15) is 38.5 Å². The summed E-state index contributed by atoms with van der Waals surface area (Å²) >= 11 is 0. The Labute approximate surface area is 106 Å². The summed E-state index contributed by atoms with van der Waals surface area (Å²) in [7, 11) is 0. The van der Waals surface area contributed by atoms with Gasteiger partial charge in [-0.1, -0.05) is 0 Å². The second kappa shape index (κ2) is 3.66. The van der Waals surface area contributed by atoms with E-state index < -0.39 is 11.3 Å². The minimum atomic E-state index is -2.40. The fourth-order valence-electron chi connectivity index (χ4n) is 5.05. The number of piperidine rings is 1. The molecule has 3 saturated heterocycles. The molecule has 102 valence electrons. The van der Waals surface area contributed by atoms with E-state index in [9.17, 15) is 8.78 Å². The van der Waals surface area contributed by atoms with Crippen molar-refractivity contribution in [3.8, 4) is 0 Å². The van der Waals surface area contributed by atoms with Crippen molar-refractivity contribution in [1.82, 2.24) is 5.32 Å². The van der Waals surface area contributed by atoms with Crippen LogP contribution in [0.15, 0.2) is 0 Å². The van der Waals surface area contributed by atoms with Crippen LogP contribution in [0.3, 0.4) is 0 Å². The van der Waals surface area contributed by atoms with Crippen LogP contribution in [-0.2, 0) is 4.74 Å². The van der Waals surface area contributed by atoms with Gasteiger partial charge in [-0.15, -0.1) is 0 Å². The number of rotatable bonds is 1. The molecule has 4 heteroatoms. The third-order valence-electron chi connectivity index (χ3n) is 5.86. The Morgan fingerprint density at radius 1 is 0.944 bits per heavy atom. The monoisotopic (exact) mass is 257 g/mol. The lowest BCUT2D eigenvalue weighted by Crippen LogP contribution is -2.41. The first kappa shape index (κ1) is 11.6. The van der Waals surface area contributed by atoms with E-state index >= 15 is 0 Å². The molecule has 0 amide bonds. The molecule has 3 aliphatic heterocycles. The Bertz CT molecular complexity index is 342. The summed E-state index contributed by atoms with van der Waals surface area (Å²) in [6.07, 6.45) is 5.29. The molecule has 1 spiro atoms. The third kappa shape index (κ3) is 1.39. The number of nitrogens with one attached hydrogen (secondary N) is 1. The SMILES string of the molecule is FC1(F)C(C2CCOCC2)C12CC1CCC(C2)N1. The fraction of sp³-hybridized carbons (Fsp3) is 1.00. The van der Waals surface area contributed by atoms with Gasteiger partial charge < -0.3 is 10.1 Å². The van der Waals surface area contributed by atoms with Gasteiger partial charge in [0.25, 0.3) is 5.92 Å². The molecule has 0 aromatic heterocycles. The molecule has 0 aromatic carbocycles. The summed E-state index contributed by atoms with van der Waals surface area (Å²) in [6, 6.07) is 0.721. The van der Waals surface area contributed by atoms with Gasteiger partial charge in [0.15, 0.2) is 0 Å². The number of ether oxygens (including phenoxy) is 1. The van der Waals surface area contributed by atoms with E-state index in [-0.39, 0.29) is 11.8 Å². The van der Waals surface area contributed by atoms with Crippen LogP contribution in [0, 0.1) is 17.3 Å². The molecule has 3 unspecified atom stereocenters. The lowest BCUT2D eigenvalue weighted by molar-refractivity contribution is 0.0220. The molecule has 3 atom stereocenters. The Hall–Kier alpha value is -0.220. The molecule has 0 radical (unpaired) electrons. The molecule has 4 rings (SSSR count). The predicted molar refractivity (Wildman–Crippen MR) is 63.6 cm³/mol. The maximum Gasteiger partial charge on any atom is 0.258 e. The standard InChI is InChI=1S/C14H21F2NO/c15-14(16)12(9-3-5-18-6-4-9)13(14)7-10-1-2-11(8-13)17-10/h9-12,17H,1-8H2. The van der Waals surface area contributed by atoms with Crippen LogP contribution in [0.2, 0.25) is 0 Å². The van der Waals surface area contributed by atoms with Crippen molar-refractivity contribution in [1.29, 1.82) is 0 Å². The van der Waals surface area contributed by atoms with Gasteiger partial charge in [0.2, 0.25) is 0 Å². The zero-order valence-electron chi connectivity index (χ0n) is 10.6. The molecule has 0 aromatic rings. The van der Waals surface area contributed by atoms with Gasteiger partial charge >= 0.3 is 0 Å². The van der Waals surface area contributed by atoms with Gasteiger partial charge in [-0.3, -0.25) is 0 Å². The molecule has 2 nitrogen and oxygen atoms in total. The minimum absolute atomic E-state index is 0.200.